The van der Waals surface area contributed by atoms with Gasteiger partial charge in [-0.1, -0.05) is 0 Å². The van der Waals surface area contributed by atoms with Crippen LogP contribution in [-0.4, -0.2) is 4.98 Å². The fraction of sp³-hybridized carbons (Fsp3) is 0. The Kier molecular flexibility index (Phi) is 1.51. The van der Waals surface area contributed by atoms with Crippen molar-refractivity contribution in [3.63, 3.8) is 0 Å². The van der Waals surface area contributed by atoms with E-state index in [4.69, 9.17) is 5.84 Å². The summed E-state index contributed by atoms with van der Waals surface area (Å²) < 4.78 is 0. The van der Waals surface area contributed by atoms with Gasteiger partial charge in [0.1, 0.15) is 5.82 Å². The van der Waals surface area contributed by atoms with Gasteiger partial charge in [-0.3, -0.25) is 0 Å². The average molecular weight is 129 g/mol. The lowest BCUT2D eigenvalue weighted by atomic mass is 10.6. The molecule has 1 heterocycles. The van der Waals surface area contributed by atoms with E-state index < -0.39 is 0 Å². The van der Waals surface area contributed by atoms with Crippen LogP contribution < -0.4 is 16.6 Å². The topological polar surface area (TPSA) is 53.8 Å². The lowest BCUT2D eigenvalue weighted by Crippen LogP contribution is -2.11. The first kappa shape index (κ1) is 5.60. The fourth-order valence-corrected chi connectivity index (χ4v) is 0.769. The summed E-state index contributed by atoms with van der Waals surface area (Å²) >= 11 is 0. The molecular formula is C4H8N3P. The molecule has 0 aromatic carbocycles. The third-order valence-corrected chi connectivity index (χ3v) is 1.40. The van der Waals surface area contributed by atoms with Crippen molar-refractivity contribution < 1.29 is 0 Å². The molecule has 3 nitrogen and oxygen atoms in total. The Balaban J connectivity index is 2.92. The minimum absolute atomic E-state index is 0.843. The zero-order valence-electron chi connectivity index (χ0n) is 4.31. The Morgan fingerprint density at radius 3 is 2.75 bits per heavy atom. The summed E-state index contributed by atoms with van der Waals surface area (Å²) in [5.74, 6) is 5.94. The SMILES string of the molecule is NNc1[nH]ccc1P. The van der Waals surface area contributed by atoms with Crippen LogP contribution in [0.25, 0.3) is 0 Å². The maximum absolute atomic E-state index is 5.10. The van der Waals surface area contributed by atoms with Crippen LogP contribution in [0.5, 0.6) is 0 Å². The van der Waals surface area contributed by atoms with Gasteiger partial charge < -0.3 is 10.4 Å². The smallest absolute Gasteiger partial charge is 0.124 e. The van der Waals surface area contributed by atoms with Crippen LogP contribution in [0, 0.1) is 0 Å². The number of nitrogen functional groups attached to an aromatic ring is 1. The summed E-state index contributed by atoms with van der Waals surface area (Å²) in [7, 11) is 2.54. The van der Waals surface area contributed by atoms with Gasteiger partial charge in [0.05, 0.1) is 0 Å². The van der Waals surface area contributed by atoms with E-state index in [-0.39, 0.29) is 0 Å². The van der Waals surface area contributed by atoms with Crippen LogP contribution in [0.15, 0.2) is 12.3 Å². The maximum atomic E-state index is 5.10. The summed E-state index contributed by atoms with van der Waals surface area (Å²) in [6.07, 6.45) is 1.82. The molecule has 0 saturated heterocycles. The Bertz CT molecular complexity index is 172. The highest BCUT2D eigenvalue weighted by molar-refractivity contribution is 7.28. The second-order valence-electron chi connectivity index (χ2n) is 1.45. The molecule has 1 aromatic heterocycles. The molecule has 44 valence electrons. The van der Waals surface area contributed by atoms with E-state index >= 15 is 0 Å². The Morgan fingerprint density at radius 2 is 2.50 bits per heavy atom. The highest BCUT2D eigenvalue weighted by Crippen LogP contribution is 1.99. The van der Waals surface area contributed by atoms with Crippen molar-refractivity contribution in [1.29, 1.82) is 0 Å². The number of rotatable bonds is 1. The molecule has 0 bridgehead atoms. The van der Waals surface area contributed by atoms with E-state index in [1.165, 1.54) is 0 Å². The largest absolute Gasteiger partial charge is 0.347 e. The van der Waals surface area contributed by atoms with Crippen molar-refractivity contribution in [3.05, 3.63) is 12.3 Å². The Morgan fingerprint density at radius 1 is 1.75 bits per heavy atom. The van der Waals surface area contributed by atoms with Crippen molar-refractivity contribution in [1.82, 2.24) is 4.98 Å². The first-order valence-corrected chi connectivity index (χ1v) is 2.82. The Labute approximate surface area is 49.8 Å². The van der Waals surface area contributed by atoms with Crippen molar-refractivity contribution in [2.24, 2.45) is 5.84 Å². The number of hydrazine groups is 1. The first-order valence-electron chi connectivity index (χ1n) is 2.24. The van der Waals surface area contributed by atoms with E-state index in [2.05, 4.69) is 19.6 Å². The Hall–Kier alpha value is -0.530. The van der Waals surface area contributed by atoms with Gasteiger partial charge in [0, 0.05) is 11.5 Å². The second-order valence-corrected chi connectivity index (χ2v) is 2.07. The average Bonchev–Trinajstić information content (AvgIpc) is 2.14. The molecular weight excluding hydrogens is 121 g/mol. The molecule has 0 aliphatic heterocycles. The zero-order valence-corrected chi connectivity index (χ0v) is 5.46. The quantitative estimate of drug-likeness (QED) is 0.279. The van der Waals surface area contributed by atoms with Crippen LogP contribution in [0.3, 0.4) is 0 Å². The number of nitrogens with two attached hydrogens (primary N) is 1. The number of nitrogens with one attached hydrogen (secondary N) is 2. The first-order chi connectivity index (χ1) is 3.84. The molecule has 8 heavy (non-hydrogen) atoms. The van der Waals surface area contributed by atoms with E-state index in [0.717, 1.165) is 11.1 Å². The van der Waals surface area contributed by atoms with E-state index in [1.54, 1.807) is 0 Å². The molecule has 0 spiro atoms. The normalized spacial score (nSPS) is 9.25. The zero-order chi connectivity index (χ0) is 5.98. The van der Waals surface area contributed by atoms with Crippen LogP contribution in [0.1, 0.15) is 0 Å². The number of hydrogen-bond donors (Lipinski definition) is 3. The molecule has 0 amide bonds. The molecule has 1 rings (SSSR count). The molecule has 1 unspecified atom stereocenters. The predicted octanol–water partition coefficient (Wildman–Crippen LogP) is -0.199. The van der Waals surface area contributed by atoms with Gasteiger partial charge in [0.2, 0.25) is 0 Å². The highest BCUT2D eigenvalue weighted by Gasteiger charge is 1.91. The number of aromatic amines is 1. The van der Waals surface area contributed by atoms with Crippen LogP contribution in [0.2, 0.25) is 0 Å². The number of hydrogen-bond acceptors (Lipinski definition) is 2. The summed E-state index contributed by atoms with van der Waals surface area (Å²) in [4.78, 5) is 2.90. The summed E-state index contributed by atoms with van der Waals surface area (Å²) in [5.41, 5.74) is 2.50. The van der Waals surface area contributed by atoms with E-state index in [9.17, 15) is 0 Å². The molecule has 4 heteroatoms. The third-order valence-electron chi connectivity index (χ3n) is 0.924. The predicted molar refractivity (Wildman–Crippen MR) is 37.9 cm³/mol. The van der Waals surface area contributed by atoms with Gasteiger partial charge in [-0.2, -0.15) is 0 Å². The summed E-state index contributed by atoms with van der Waals surface area (Å²) in [6.45, 7) is 0. The summed E-state index contributed by atoms with van der Waals surface area (Å²) in [6, 6.07) is 1.92. The summed E-state index contributed by atoms with van der Waals surface area (Å²) in [5, 5.41) is 1.05. The molecule has 0 aliphatic rings. The van der Waals surface area contributed by atoms with Crippen molar-refractivity contribution in [2.45, 2.75) is 0 Å². The maximum Gasteiger partial charge on any atom is 0.124 e. The monoisotopic (exact) mass is 129 g/mol. The van der Waals surface area contributed by atoms with Gasteiger partial charge in [-0.15, -0.1) is 9.24 Å². The molecule has 1 atom stereocenters. The third kappa shape index (κ3) is 0.831. The molecule has 0 aliphatic carbocycles. The minimum atomic E-state index is 0.843. The van der Waals surface area contributed by atoms with Crippen molar-refractivity contribution in [2.75, 3.05) is 5.43 Å². The van der Waals surface area contributed by atoms with Crippen molar-refractivity contribution >= 4 is 20.4 Å². The highest BCUT2D eigenvalue weighted by atomic mass is 31.0. The van der Waals surface area contributed by atoms with Crippen LogP contribution in [0.4, 0.5) is 5.82 Å². The molecule has 0 radical (unpaired) electrons. The number of H-pyrrole nitrogens is 1. The number of aromatic nitrogens is 1. The van der Waals surface area contributed by atoms with Gasteiger partial charge in [-0.05, 0) is 6.07 Å². The van der Waals surface area contributed by atoms with E-state index in [0.29, 0.717) is 0 Å². The van der Waals surface area contributed by atoms with E-state index in [1.807, 2.05) is 12.3 Å². The second kappa shape index (κ2) is 2.16. The lowest BCUT2D eigenvalue weighted by molar-refractivity contribution is 1.28. The van der Waals surface area contributed by atoms with Gasteiger partial charge in [0.25, 0.3) is 0 Å². The standard InChI is InChI=1S/C4H8N3P/c5-7-4-3(8)1-2-6-4/h1-2,6-7H,5,8H2. The molecule has 0 saturated carbocycles. The minimum Gasteiger partial charge on any atom is -0.347 e. The molecule has 4 N–H and O–H groups in total. The number of anilines is 1. The van der Waals surface area contributed by atoms with Crippen LogP contribution >= 0.6 is 9.24 Å². The lowest BCUT2D eigenvalue weighted by Gasteiger charge is -1.93. The van der Waals surface area contributed by atoms with Gasteiger partial charge in [-0.25, -0.2) is 5.84 Å². The van der Waals surface area contributed by atoms with Gasteiger partial charge in [0.15, 0.2) is 0 Å². The molecule has 1 aromatic rings. The van der Waals surface area contributed by atoms with Crippen LogP contribution in [-0.2, 0) is 0 Å². The van der Waals surface area contributed by atoms with Gasteiger partial charge >= 0.3 is 0 Å². The fourth-order valence-electron chi connectivity index (χ4n) is 0.506. The van der Waals surface area contributed by atoms with Crippen molar-refractivity contribution in [3.8, 4) is 0 Å². The molecule has 0 fully saturated rings.